The molecular weight excluding hydrogens is 550 g/mol. The number of carbonyl (C=O) groups is 3. The number of aliphatic carboxylic acids is 1. The molecule has 4 N–H and O–H groups in total. The van der Waals surface area contributed by atoms with Gasteiger partial charge >= 0.3 is 12.0 Å². The molecule has 0 aliphatic rings. The van der Waals surface area contributed by atoms with Crippen molar-refractivity contribution in [3.63, 3.8) is 0 Å². The lowest BCUT2D eigenvalue weighted by Gasteiger charge is -2.32. The van der Waals surface area contributed by atoms with Crippen LogP contribution in [-0.4, -0.2) is 47.0 Å². The number of hydrogen-bond donors (Lipinski definition) is 3. The Morgan fingerprint density at radius 2 is 1.20 bits per heavy atom. The van der Waals surface area contributed by atoms with Crippen molar-refractivity contribution in [3.05, 3.63) is 132 Å². The van der Waals surface area contributed by atoms with Gasteiger partial charge in [-0.1, -0.05) is 129 Å². The Balaban J connectivity index is 1.62. The summed E-state index contributed by atoms with van der Waals surface area (Å²) in [5.74, 6) is -2.74. The average molecular weight is 592 g/mol. The zero-order valence-electron chi connectivity index (χ0n) is 25.3. The third-order valence-electron chi connectivity index (χ3n) is 7.73. The Kier molecular flexibility index (Phi) is 11.3. The lowest BCUT2D eigenvalue weighted by Crippen LogP contribution is -2.53. The number of rotatable bonds is 14. The predicted molar refractivity (Wildman–Crippen MR) is 174 cm³/mol. The number of carbonyl (C=O) groups excluding carboxylic acids is 2. The molecule has 0 aliphatic heterocycles. The van der Waals surface area contributed by atoms with Gasteiger partial charge < -0.3 is 21.1 Å². The minimum atomic E-state index is -1.22. The van der Waals surface area contributed by atoms with Crippen LogP contribution in [0, 0.1) is 11.8 Å². The lowest BCUT2D eigenvalue weighted by molar-refractivity contribution is -0.140. The van der Waals surface area contributed by atoms with E-state index in [2.05, 4.69) is 5.32 Å². The molecule has 0 spiro atoms. The van der Waals surface area contributed by atoms with Crippen LogP contribution in [0.4, 0.5) is 4.79 Å². The van der Waals surface area contributed by atoms with Gasteiger partial charge in [-0.15, -0.1) is 0 Å². The third-order valence-corrected chi connectivity index (χ3v) is 7.73. The molecule has 7 nitrogen and oxygen atoms in total. The Hall–Kier alpha value is -4.91. The highest BCUT2D eigenvalue weighted by Gasteiger charge is 2.34. The quantitative estimate of drug-likeness (QED) is 0.163. The van der Waals surface area contributed by atoms with Crippen LogP contribution in [-0.2, 0) is 22.4 Å². The summed E-state index contributed by atoms with van der Waals surface area (Å²) in [7, 11) is 0. The number of nitrogens with zero attached hydrogens (tertiary/aromatic N) is 1. The van der Waals surface area contributed by atoms with Crippen molar-refractivity contribution in [1.82, 2.24) is 10.2 Å². The number of amides is 3. The highest BCUT2D eigenvalue weighted by Crippen LogP contribution is 2.28. The number of urea groups is 1. The van der Waals surface area contributed by atoms with Gasteiger partial charge in [0.05, 0.1) is 5.92 Å². The van der Waals surface area contributed by atoms with Crippen molar-refractivity contribution in [2.45, 2.75) is 38.6 Å². The zero-order chi connectivity index (χ0) is 31.5. The van der Waals surface area contributed by atoms with E-state index in [1.165, 1.54) is 4.90 Å². The molecule has 0 aliphatic carbocycles. The SMILES string of the molecule is CC(C)CN(C[C@H](Cc1ccccc1)C(N)=O)C(=O)N[C@H](C(=O)O)C(Cc1ccccc1)c1ccc(-c2ccccc2)cc1. The van der Waals surface area contributed by atoms with Crippen molar-refractivity contribution >= 4 is 17.9 Å². The molecule has 0 radical (unpaired) electrons. The molecule has 3 amide bonds. The van der Waals surface area contributed by atoms with Gasteiger partial charge in [-0.25, -0.2) is 9.59 Å². The van der Waals surface area contributed by atoms with E-state index in [0.29, 0.717) is 19.4 Å². The minimum Gasteiger partial charge on any atom is -0.480 e. The van der Waals surface area contributed by atoms with Crippen molar-refractivity contribution in [1.29, 1.82) is 0 Å². The van der Waals surface area contributed by atoms with Gasteiger partial charge in [-0.05, 0) is 46.6 Å². The van der Waals surface area contributed by atoms with E-state index < -0.39 is 35.8 Å². The predicted octanol–water partition coefficient (Wildman–Crippen LogP) is 6.14. The zero-order valence-corrected chi connectivity index (χ0v) is 25.3. The average Bonchev–Trinajstić information content (AvgIpc) is 3.03. The lowest BCUT2D eigenvalue weighted by atomic mass is 9.85. The molecule has 0 bridgehead atoms. The van der Waals surface area contributed by atoms with Gasteiger partial charge in [-0.2, -0.15) is 0 Å². The Morgan fingerprint density at radius 3 is 1.70 bits per heavy atom. The van der Waals surface area contributed by atoms with Gasteiger partial charge in [0, 0.05) is 19.0 Å². The number of carboxylic acid groups (broad SMARTS) is 1. The molecule has 4 aromatic carbocycles. The molecule has 0 saturated heterocycles. The van der Waals surface area contributed by atoms with E-state index in [1.807, 2.05) is 129 Å². The molecule has 4 rings (SSSR count). The number of benzene rings is 4. The van der Waals surface area contributed by atoms with E-state index in [0.717, 1.165) is 27.8 Å². The van der Waals surface area contributed by atoms with E-state index in [4.69, 9.17) is 5.73 Å². The van der Waals surface area contributed by atoms with Crippen molar-refractivity contribution in [2.24, 2.45) is 17.6 Å². The van der Waals surface area contributed by atoms with Gasteiger partial charge in [-0.3, -0.25) is 4.79 Å². The summed E-state index contributed by atoms with van der Waals surface area (Å²) >= 11 is 0. The number of hydrogen-bond acceptors (Lipinski definition) is 3. The van der Waals surface area contributed by atoms with E-state index in [-0.39, 0.29) is 12.5 Å². The van der Waals surface area contributed by atoms with Crippen LogP contribution in [0.3, 0.4) is 0 Å². The van der Waals surface area contributed by atoms with Gasteiger partial charge in [0.25, 0.3) is 0 Å². The van der Waals surface area contributed by atoms with Gasteiger partial charge in [0.1, 0.15) is 6.04 Å². The van der Waals surface area contributed by atoms with Crippen LogP contribution in [0.25, 0.3) is 11.1 Å². The van der Waals surface area contributed by atoms with Crippen LogP contribution in [0.5, 0.6) is 0 Å². The molecule has 4 aromatic rings. The maximum absolute atomic E-state index is 13.8. The molecule has 7 heteroatoms. The maximum atomic E-state index is 13.8. The second kappa shape index (κ2) is 15.5. The topological polar surface area (TPSA) is 113 Å². The van der Waals surface area contributed by atoms with Crippen LogP contribution in [0.2, 0.25) is 0 Å². The Bertz CT molecular complexity index is 1490. The van der Waals surface area contributed by atoms with Gasteiger partial charge in [0.2, 0.25) is 5.91 Å². The minimum absolute atomic E-state index is 0.0791. The monoisotopic (exact) mass is 591 g/mol. The summed E-state index contributed by atoms with van der Waals surface area (Å²) in [6.07, 6.45) is 0.787. The molecular formula is C37H41N3O4. The van der Waals surface area contributed by atoms with Crippen LogP contribution >= 0.6 is 0 Å². The highest BCUT2D eigenvalue weighted by atomic mass is 16.4. The van der Waals surface area contributed by atoms with Crippen LogP contribution < -0.4 is 11.1 Å². The fourth-order valence-corrected chi connectivity index (χ4v) is 5.51. The summed E-state index contributed by atoms with van der Waals surface area (Å²) in [5.41, 5.74) is 10.6. The largest absolute Gasteiger partial charge is 0.480 e. The van der Waals surface area contributed by atoms with E-state index in [9.17, 15) is 19.5 Å². The molecule has 1 unspecified atom stereocenters. The molecule has 44 heavy (non-hydrogen) atoms. The van der Waals surface area contributed by atoms with Crippen molar-refractivity contribution in [2.75, 3.05) is 13.1 Å². The molecule has 0 heterocycles. The highest BCUT2D eigenvalue weighted by molar-refractivity contribution is 5.84. The molecule has 0 fully saturated rings. The first-order valence-electron chi connectivity index (χ1n) is 15.0. The van der Waals surface area contributed by atoms with Crippen LogP contribution in [0.15, 0.2) is 115 Å². The number of primary amides is 1. The summed E-state index contributed by atoms with van der Waals surface area (Å²) < 4.78 is 0. The Labute approximate surface area is 259 Å². The first-order chi connectivity index (χ1) is 21.2. The van der Waals surface area contributed by atoms with Crippen molar-refractivity contribution < 1.29 is 19.5 Å². The first kappa shape index (κ1) is 32.0. The number of nitrogens with two attached hydrogens (primary N) is 1. The normalized spacial score (nSPS) is 13.1. The van der Waals surface area contributed by atoms with E-state index >= 15 is 0 Å². The number of nitrogens with one attached hydrogen (secondary N) is 1. The van der Waals surface area contributed by atoms with Crippen LogP contribution in [0.1, 0.15) is 36.5 Å². The second-order valence-corrected chi connectivity index (χ2v) is 11.6. The molecule has 228 valence electrons. The fourth-order valence-electron chi connectivity index (χ4n) is 5.51. The molecule has 3 atom stereocenters. The maximum Gasteiger partial charge on any atom is 0.326 e. The summed E-state index contributed by atoms with van der Waals surface area (Å²) in [6, 6.07) is 35.2. The Morgan fingerprint density at radius 1 is 0.705 bits per heavy atom. The smallest absolute Gasteiger partial charge is 0.326 e. The third kappa shape index (κ3) is 9.04. The standard InChI is InChI=1S/C37H41N3O4/c1-26(2)24-40(25-32(35(38)41)22-27-12-6-3-7-13-27)37(44)39-34(36(42)43)33(23-28-14-8-4-9-15-28)31-20-18-30(19-21-31)29-16-10-5-11-17-29/h3-21,26,32-34H,22-25H2,1-2H3,(H2,38,41)(H,39,44)(H,42,43)/t32-,33?,34-/m0/s1. The van der Waals surface area contributed by atoms with Gasteiger partial charge in [0.15, 0.2) is 0 Å². The fraction of sp³-hybridized carbons (Fsp3) is 0.270. The summed E-state index contributed by atoms with van der Waals surface area (Å²) in [6.45, 7) is 4.36. The molecule has 0 saturated carbocycles. The van der Waals surface area contributed by atoms with E-state index in [1.54, 1.807) is 0 Å². The summed E-state index contributed by atoms with van der Waals surface area (Å²) in [4.78, 5) is 40.7. The first-order valence-corrected chi connectivity index (χ1v) is 15.0. The number of carboxylic acids is 1. The summed E-state index contributed by atoms with van der Waals surface area (Å²) in [5, 5.41) is 13.3. The molecule has 0 aromatic heterocycles. The second-order valence-electron chi connectivity index (χ2n) is 11.6. The van der Waals surface area contributed by atoms with Crippen molar-refractivity contribution in [3.8, 4) is 11.1 Å².